The molecule has 0 saturated carbocycles. The maximum absolute atomic E-state index is 2.50. The zero-order valence-electron chi connectivity index (χ0n) is 11.2. The van der Waals surface area contributed by atoms with Crippen LogP contribution in [0.4, 0.5) is 0 Å². The van der Waals surface area contributed by atoms with Gasteiger partial charge in [0.05, 0.1) is 0 Å². The van der Waals surface area contributed by atoms with Crippen LogP contribution in [0.25, 0.3) is 0 Å². The van der Waals surface area contributed by atoms with Crippen molar-refractivity contribution in [3.05, 3.63) is 42.1 Å². The van der Waals surface area contributed by atoms with E-state index in [0.29, 0.717) is 0 Å². The molecule has 0 amide bonds. The van der Waals surface area contributed by atoms with Gasteiger partial charge in [0.1, 0.15) is 8.07 Å². The number of benzene rings is 1. The quantitative estimate of drug-likeness (QED) is 0.706. The van der Waals surface area contributed by atoms with Gasteiger partial charge < -0.3 is 0 Å². The zero-order valence-corrected chi connectivity index (χ0v) is 13.2. The fourth-order valence-electron chi connectivity index (χ4n) is 1.67. The lowest BCUT2D eigenvalue weighted by molar-refractivity contribution is 1.51. The molecule has 0 aliphatic heterocycles. The summed E-state index contributed by atoms with van der Waals surface area (Å²) in [5, 5.41) is 1.53. The van der Waals surface area contributed by atoms with Crippen molar-refractivity contribution in [2.45, 2.75) is 38.8 Å². The second kappa shape index (κ2) is 5.15. The van der Waals surface area contributed by atoms with E-state index in [9.17, 15) is 0 Å². The van der Waals surface area contributed by atoms with Gasteiger partial charge in [-0.3, -0.25) is 0 Å². The van der Waals surface area contributed by atoms with Crippen LogP contribution in [0.15, 0.2) is 42.1 Å². The van der Waals surface area contributed by atoms with E-state index >= 15 is 0 Å². The van der Waals surface area contributed by atoms with Crippen LogP contribution < -0.4 is 5.19 Å². The molecule has 0 spiro atoms. The first-order valence-corrected chi connectivity index (χ1v) is 12.8. The standard InChI is InChI=1S/C14H24Si2/c1-15(2,3)12-9-13-16(4,5)14-10-7-6-8-11-14/h6-11,13H,12H2,1-5H3/b13-9+. The van der Waals surface area contributed by atoms with Gasteiger partial charge >= 0.3 is 0 Å². The van der Waals surface area contributed by atoms with E-state index in [4.69, 9.17) is 0 Å². The lowest BCUT2D eigenvalue weighted by atomic mass is 10.4. The number of rotatable bonds is 4. The molecule has 0 heterocycles. The number of allylic oxidation sites excluding steroid dienone is 1. The van der Waals surface area contributed by atoms with Crippen LogP contribution in [0.3, 0.4) is 0 Å². The second-order valence-electron chi connectivity index (χ2n) is 6.25. The zero-order chi connectivity index (χ0) is 12.2. The van der Waals surface area contributed by atoms with Gasteiger partial charge in [-0.05, 0) is 6.04 Å². The van der Waals surface area contributed by atoms with Crippen LogP contribution in [0, 0.1) is 0 Å². The Balaban J connectivity index is 2.73. The fourth-order valence-corrected chi connectivity index (χ4v) is 4.68. The Hall–Kier alpha value is -0.606. The Morgan fingerprint density at radius 2 is 1.50 bits per heavy atom. The lowest BCUT2D eigenvalue weighted by Gasteiger charge is -2.19. The first-order chi connectivity index (χ1) is 7.31. The third-order valence-corrected chi connectivity index (χ3v) is 7.13. The average molecular weight is 249 g/mol. The lowest BCUT2D eigenvalue weighted by Crippen LogP contribution is -2.39. The van der Waals surface area contributed by atoms with E-state index < -0.39 is 16.1 Å². The Morgan fingerprint density at radius 3 is 2.00 bits per heavy atom. The van der Waals surface area contributed by atoms with Crippen molar-refractivity contribution >= 4 is 21.3 Å². The summed E-state index contributed by atoms with van der Waals surface area (Å²) < 4.78 is 0. The maximum atomic E-state index is 2.50. The summed E-state index contributed by atoms with van der Waals surface area (Å²) in [6, 6.07) is 12.2. The summed E-state index contributed by atoms with van der Waals surface area (Å²) >= 11 is 0. The Labute approximate surface area is 102 Å². The third-order valence-electron chi connectivity index (χ3n) is 2.78. The molecule has 0 atom stereocenters. The molecule has 1 aromatic rings. The van der Waals surface area contributed by atoms with Crippen molar-refractivity contribution in [3.63, 3.8) is 0 Å². The first-order valence-electron chi connectivity index (χ1n) is 6.04. The van der Waals surface area contributed by atoms with E-state index in [2.05, 4.69) is 74.8 Å². The van der Waals surface area contributed by atoms with Crippen molar-refractivity contribution < 1.29 is 0 Å². The van der Waals surface area contributed by atoms with Gasteiger partial charge in [0.15, 0.2) is 0 Å². The van der Waals surface area contributed by atoms with Gasteiger partial charge in [0.25, 0.3) is 0 Å². The van der Waals surface area contributed by atoms with Crippen LogP contribution in [0.1, 0.15) is 0 Å². The number of hydrogen-bond donors (Lipinski definition) is 0. The highest BCUT2D eigenvalue weighted by molar-refractivity contribution is 6.94. The van der Waals surface area contributed by atoms with Gasteiger partial charge in [0, 0.05) is 8.07 Å². The highest BCUT2D eigenvalue weighted by Crippen LogP contribution is 2.11. The molecule has 0 radical (unpaired) electrons. The largest absolute Gasteiger partial charge is 0.103 e. The minimum Gasteiger partial charge on any atom is -0.0947 e. The molecular formula is C14H24Si2. The predicted octanol–water partition coefficient (Wildman–Crippen LogP) is 4.04. The van der Waals surface area contributed by atoms with Crippen LogP contribution in [-0.2, 0) is 0 Å². The highest BCUT2D eigenvalue weighted by atomic mass is 28.3. The maximum Gasteiger partial charge on any atom is 0.103 e. The molecule has 0 bridgehead atoms. The normalized spacial score (nSPS) is 13.3. The van der Waals surface area contributed by atoms with Crippen molar-refractivity contribution in [3.8, 4) is 0 Å². The second-order valence-corrected chi connectivity index (χ2v) is 16.1. The van der Waals surface area contributed by atoms with Crippen molar-refractivity contribution in [2.75, 3.05) is 0 Å². The molecule has 16 heavy (non-hydrogen) atoms. The summed E-state index contributed by atoms with van der Waals surface area (Å²) in [5.41, 5.74) is 2.50. The number of hydrogen-bond acceptors (Lipinski definition) is 0. The molecule has 0 aliphatic carbocycles. The van der Waals surface area contributed by atoms with Crippen LogP contribution in [0.5, 0.6) is 0 Å². The van der Waals surface area contributed by atoms with Gasteiger partial charge in [-0.1, -0.05) is 80.0 Å². The van der Waals surface area contributed by atoms with Crippen molar-refractivity contribution in [2.24, 2.45) is 0 Å². The molecule has 0 aromatic heterocycles. The first kappa shape index (κ1) is 13.5. The summed E-state index contributed by atoms with van der Waals surface area (Å²) in [6.07, 6.45) is 2.44. The van der Waals surface area contributed by atoms with E-state index in [1.165, 1.54) is 11.2 Å². The minimum absolute atomic E-state index is 0.923. The van der Waals surface area contributed by atoms with E-state index in [-0.39, 0.29) is 0 Å². The Morgan fingerprint density at radius 1 is 0.938 bits per heavy atom. The molecule has 0 unspecified atom stereocenters. The highest BCUT2D eigenvalue weighted by Gasteiger charge is 2.19. The van der Waals surface area contributed by atoms with E-state index in [1.54, 1.807) is 0 Å². The molecule has 1 rings (SSSR count). The van der Waals surface area contributed by atoms with E-state index in [1.807, 2.05) is 0 Å². The molecule has 0 nitrogen and oxygen atoms in total. The molecule has 0 saturated heterocycles. The summed E-state index contributed by atoms with van der Waals surface area (Å²) in [7, 11) is -2.26. The SMILES string of the molecule is C[Si](C)(C)C/C=C/[Si](C)(C)c1ccccc1. The summed E-state index contributed by atoms with van der Waals surface area (Å²) in [4.78, 5) is 0. The fraction of sp³-hybridized carbons (Fsp3) is 0.429. The van der Waals surface area contributed by atoms with Gasteiger partial charge in [-0.25, -0.2) is 0 Å². The molecule has 0 aliphatic rings. The van der Waals surface area contributed by atoms with Crippen LogP contribution in [-0.4, -0.2) is 16.1 Å². The minimum atomic E-state index is -1.34. The Kier molecular flexibility index (Phi) is 4.33. The van der Waals surface area contributed by atoms with Crippen molar-refractivity contribution in [1.29, 1.82) is 0 Å². The summed E-state index contributed by atoms with van der Waals surface area (Å²) in [6.45, 7) is 12.1. The van der Waals surface area contributed by atoms with Crippen LogP contribution in [0.2, 0.25) is 38.8 Å². The smallest absolute Gasteiger partial charge is 0.0947 e. The van der Waals surface area contributed by atoms with Crippen molar-refractivity contribution in [1.82, 2.24) is 0 Å². The average Bonchev–Trinajstić information content (AvgIpc) is 2.17. The molecule has 0 fully saturated rings. The third kappa shape index (κ3) is 4.50. The molecule has 88 valence electrons. The van der Waals surface area contributed by atoms with Gasteiger partial charge in [-0.15, -0.1) is 0 Å². The molecule has 1 aromatic carbocycles. The molecular weight excluding hydrogens is 224 g/mol. The predicted molar refractivity (Wildman–Crippen MR) is 80.9 cm³/mol. The molecule has 0 N–H and O–H groups in total. The van der Waals surface area contributed by atoms with E-state index in [0.717, 1.165) is 0 Å². The van der Waals surface area contributed by atoms with Crippen LogP contribution >= 0.6 is 0 Å². The molecule has 2 heteroatoms. The van der Waals surface area contributed by atoms with Gasteiger partial charge in [-0.2, -0.15) is 0 Å². The summed E-state index contributed by atoms with van der Waals surface area (Å²) in [5.74, 6) is 0. The monoisotopic (exact) mass is 248 g/mol. The van der Waals surface area contributed by atoms with Gasteiger partial charge in [0.2, 0.25) is 0 Å². The topological polar surface area (TPSA) is 0 Å². The Bertz CT molecular complexity index is 345.